The normalized spacial score (nSPS) is 18.9. The van der Waals surface area contributed by atoms with Crippen molar-refractivity contribution in [2.75, 3.05) is 13.2 Å². The summed E-state index contributed by atoms with van der Waals surface area (Å²) in [6.07, 6.45) is 3.51. The van der Waals surface area contributed by atoms with Crippen molar-refractivity contribution in [3.05, 3.63) is 23.8 Å². The summed E-state index contributed by atoms with van der Waals surface area (Å²) in [5.41, 5.74) is 1.33. The largest absolute Gasteiger partial charge is 0.493 e. The molecule has 1 heterocycles. The fourth-order valence-electron chi connectivity index (χ4n) is 2.21. The summed E-state index contributed by atoms with van der Waals surface area (Å²) in [5.74, 6) is 0.759. The van der Waals surface area contributed by atoms with Crippen LogP contribution < -0.4 is 10.2 Å². The Kier molecular flexibility index (Phi) is 4.63. The maximum Gasteiger partial charge on any atom is 0.488 e. The van der Waals surface area contributed by atoms with Gasteiger partial charge in [-0.2, -0.15) is 0 Å². The van der Waals surface area contributed by atoms with Gasteiger partial charge in [0.15, 0.2) is 0 Å². The lowest BCUT2D eigenvalue weighted by Gasteiger charge is -2.12. The zero-order valence-electron chi connectivity index (χ0n) is 10.6. The first-order chi connectivity index (χ1) is 8.66. The molecule has 98 valence electrons. The second-order valence-electron chi connectivity index (χ2n) is 4.66. The van der Waals surface area contributed by atoms with Gasteiger partial charge in [0.25, 0.3) is 0 Å². The Labute approximate surface area is 108 Å². The minimum atomic E-state index is -1.43. The van der Waals surface area contributed by atoms with E-state index in [1.807, 2.05) is 13.0 Å². The second-order valence-corrected chi connectivity index (χ2v) is 4.66. The average Bonchev–Trinajstić information content (AvgIpc) is 2.81. The molecule has 1 fully saturated rings. The summed E-state index contributed by atoms with van der Waals surface area (Å²) in [4.78, 5) is 0. The number of benzene rings is 1. The van der Waals surface area contributed by atoms with Crippen LogP contribution in [0.25, 0.3) is 0 Å². The van der Waals surface area contributed by atoms with Crippen LogP contribution in [-0.4, -0.2) is 36.5 Å². The second kappa shape index (κ2) is 6.23. The van der Waals surface area contributed by atoms with Gasteiger partial charge in [0.1, 0.15) is 5.75 Å². The maximum atomic E-state index is 9.11. The first-order valence-electron chi connectivity index (χ1n) is 6.38. The van der Waals surface area contributed by atoms with Crippen LogP contribution in [0.15, 0.2) is 18.2 Å². The fraction of sp³-hybridized carbons (Fsp3) is 0.538. The smallest absolute Gasteiger partial charge is 0.488 e. The van der Waals surface area contributed by atoms with E-state index in [9.17, 15) is 0 Å². The molecule has 1 aliphatic rings. The quantitative estimate of drug-likeness (QED) is 0.752. The summed E-state index contributed by atoms with van der Waals surface area (Å²) >= 11 is 0. The maximum absolute atomic E-state index is 9.11. The van der Waals surface area contributed by atoms with Crippen LogP contribution in [0.2, 0.25) is 0 Å². The van der Waals surface area contributed by atoms with Gasteiger partial charge in [-0.1, -0.05) is 6.07 Å². The lowest BCUT2D eigenvalue weighted by molar-refractivity contribution is 0.0903. The van der Waals surface area contributed by atoms with Gasteiger partial charge in [0.05, 0.1) is 12.7 Å². The number of hydrogen-bond donors (Lipinski definition) is 2. The molecular formula is C13H19BO4. The van der Waals surface area contributed by atoms with E-state index in [4.69, 9.17) is 19.5 Å². The van der Waals surface area contributed by atoms with Crippen LogP contribution in [0.5, 0.6) is 5.75 Å². The third-order valence-corrected chi connectivity index (χ3v) is 3.25. The molecule has 1 unspecified atom stereocenters. The Morgan fingerprint density at radius 1 is 1.44 bits per heavy atom. The van der Waals surface area contributed by atoms with E-state index in [-0.39, 0.29) is 0 Å². The lowest BCUT2D eigenvalue weighted by atomic mass is 9.77. The van der Waals surface area contributed by atoms with Gasteiger partial charge in [-0.05, 0) is 42.9 Å². The van der Waals surface area contributed by atoms with Gasteiger partial charge >= 0.3 is 7.12 Å². The Morgan fingerprint density at radius 2 is 2.28 bits per heavy atom. The SMILES string of the molecule is Cc1cc(OCCC2CCCO2)ccc1B(O)O. The molecule has 0 saturated carbocycles. The van der Waals surface area contributed by atoms with E-state index in [0.29, 0.717) is 18.2 Å². The number of ether oxygens (including phenoxy) is 2. The monoisotopic (exact) mass is 250 g/mol. The van der Waals surface area contributed by atoms with Crippen molar-refractivity contribution >= 4 is 12.6 Å². The van der Waals surface area contributed by atoms with Crippen molar-refractivity contribution in [2.45, 2.75) is 32.3 Å². The zero-order chi connectivity index (χ0) is 13.0. The summed E-state index contributed by atoms with van der Waals surface area (Å²) in [6, 6.07) is 5.27. The molecule has 1 aromatic rings. The molecule has 18 heavy (non-hydrogen) atoms. The molecule has 0 aromatic heterocycles. The summed E-state index contributed by atoms with van der Waals surface area (Å²) in [7, 11) is -1.43. The molecule has 1 aliphatic heterocycles. The van der Waals surface area contributed by atoms with Crippen LogP contribution >= 0.6 is 0 Å². The van der Waals surface area contributed by atoms with Crippen LogP contribution in [0.3, 0.4) is 0 Å². The van der Waals surface area contributed by atoms with Crippen molar-refractivity contribution in [1.29, 1.82) is 0 Å². The van der Waals surface area contributed by atoms with E-state index in [1.54, 1.807) is 12.1 Å². The van der Waals surface area contributed by atoms with E-state index in [0.717, 1.165) is 37.2 Å². The van der Waals surface area contributed by atoms with Gasteiger partial charge in [-0.25, -0.2) is 0 Å². The molecule has 0 bridgehead atoms. The zero-order valence-corrected chi connectivity index (χ0v) is 10.6. The topological polar surface area (TPSA) is 58.9 Å². The van der Waals surface area contributed by atoms with E-state index < -0.39 is 7.12 Å². The molecule has 0 amide bonds. The fourth-order valence-corrected chi connectivity index (χ4v) is 2.21. The minimum Gasteiger partial charge on any atom is -0.493 e. The summed E-state index contributed by atoms with van der Waals surface area (Å²) in [6.45, 7) is 3.33. The molecule has 4 nitrogen and oxygen atoms in total. The van der Waals surface area contributed by atoms with E-state index in [2.05, 4.69) is 0 Å². The summed E-state index contributed by atoms with van der Waals surface area (Å²) in [5, 5.41) is 18.2. The van der Waals surface area contributed by atoms with Crippen LogP contribution in [0.1, 0.15) is 24.8 Å². The van der Waals surface area contributed by atoms with Crippen molar-refractivity contribution < 1.29 is 19.5 Å². The number of rotatable bonds is 5. The predicted molar refractivity (Wildman–Crippen MR) is 70.1 cm³/mol. The van der Waals surface area contributed by atoms with Crippen molar-refractivity contribution in [1.82, 2.24) is 0 Å². The third-order valence-electron chi connectivity index (χ3n) is 3.25. The lowest BCUT2D eigenvalue weighted by Crippen LogP contribution is -2.31. The molecular weight excluding hydrogens is 231 g/mol. The minimum absolute atomic E-state index is 0.338. The molecule has 1 atom stereocenters. The summed E-state index contributed by atoms with van der Waals surface area (Å²) < 4.78 is 11.2. The highest BCUT2D eigenvalue weighted by molar-refractivity contribution is 6.59. The highest BCUT2D eigenvalue weighted by Crippen LogP contribution is 2.17. The average molecular weight is 250 g/mol. The molecule has 1 saturated heterocycles. The molecule has 2 rings (SSSR count). The third kappa shape index (κ3) is 3.48. The standard InChI is InChI=1S/C13H19BO4/c1-10-9-12(4-5-13(10)14(15)16)18-8-6-11-3-2-7-17-11/h4-5,9,11,15-16H,2-3,6-8H2,1H3. The Hall–Kier alpha value is -1.04. The Morgan fingerprint density at radius 3 is 2.89 bits per heavy atom. The van der Waals surface area contributed by atoms with Crippen molar-refractivity contribution in [2.24, 2.45) is 0 Å². The highest BCUT2D eigenvalue weighted by atomic mass is 16.5. The van der Waals surface area contributed by atoms with Gasteiger partial charge in [0, 0.05) is 13.0 Å². The predicted octanol–water partition coefficient (Wildman–Crippen LogP) is 0.623. The van der Waals surface area contributed by atoms with Gasteiger partial charge < -0.3 is 19.5 Å². The van der Waals surface area contributed by atoms with Crippen molar-refractivity contribution in [3.63, 3.8) is 0 Å². The van der Waals surface area contributed by atoms with Crippen LogP contribution in [0.4, 0.5) is 0 Å². The van der Waals surface area contributed by atoms with E-state index >= 15 is 0 Å². The Bertz CT molecular complexity index is 389. The van der Waals surface area contributed by atoms with Gasteiger partial charge in [-0.3, -0.25) is 0 Å². The Balaban J connectivity index is 1.84. The highest BCUT2D eigenvalue weighted by Gasteiger charge is 2.16. The van der Waals surface area contributed by atoms with E-state index in [1.165, 1.54) is 0 Å². The first-order valence-corrected chi connectivity index (χ1v) is 6.38. The molecule has 0 spiro atoms. The molecule has 0 radical (unpaired) electrons. The first kappa shape index (κ1) is 13.4. The molecule has 1 aromatic carbocycles. The van der Waals surface area contributed by atoms with Crippen LogP contribution in [0, 0.1) is 6.92 Å². The molecule has 0 aliphatic carbocycles. The van der Waals surface area contributed by atoms with Crippen LogP contribution in [-0.2, 0) is 4.74 Å². The van der Waals surface area contributed by atoms with Gasteiger partial charge in [0.2, 0.25) is 0 Å². The molecule has 5 heteroatoms. The molecule has 2 N–H and O–H groups in total. The van der Waals surface area contributed by atoms with Gasteiger partial charge in [-0.15, -0.1) is 0 Å². The number of aryl methyl sites for hydroxylation is 1. The number of hydrogen-bond acceptors (Lipinski definition) is 4. The van der Waals surface area contributed by atoms with Crippen molar-refractivity contribution in [3.8, 4) is 5.75 Å².